The molecule has 0 atom stereocenters. The molecule has 18 heteroatoms. The zero-order valence-electron chi connectivity index (χ0n) is 20.3. The Morgan fingerprint density at radius 2 is 0.854 bits per heavy atom. The molecule has 0 saturated heterocycles. The van der Waals surface area contributed by atoms with Crippen molar-refractivity contribution < 1.29 is 52.7 Å². The third-order valence-electron chi connectivity index (χ3n) is 5.80. The quantitative estimate of drug-likeness (QED) is 0.231. The maximum atomic E-state index is 13.2. The van der Waals surface area contributed by atoms with E-state index in [0.717, 1.165) is 12.1 Å². The van der Waals surface area contributed by atoms with Crippen LogP contribution < -0.4 is 0 Å². The summed E-state index contributed by atoms with van der Waals surface area (Å²) in [4.78, 5) is 8.20. The summed E-state index contributed by atoms with van der Waals surface area (Å²) >= 11 is 0. The predicted octanol–water partition coefficient (Wildman–Crippen LogP) is 7.25. The average Bonchev–Trinajstić information content (AvgIpc) is 3.50. The van der Waals surface area contributed by atoms with Crippen molar-refractivity contribution >= 4 is 0 Å². The molecule has 0 amide bonds. The Morgan fingerprint density at radius 1 is 0.512 bits per heavy atom. The molecule has 41 heavy (non-hydrogen) atoms. The van der Waals surface area contributed by atoms with E-state index in [4.69, 9.17) is 0 Å². The molecule has 220 valence electrons. The van der Waals surface area contributed by atoms with Crippen LogP contribution in [0.25, 0.3) is 11.6 Å². The van der Waals surface area contributed by atoms with Crippen molar-refractivity contribution in [1.29, 1.82) is 0 Å². The molecule has 0 radical (unpaired) electrons. The second-order valence-corrected chi connectivity index (χ2v) is 9.05. The Bertz CT molecular complexity index is 1390. The Labute approximate surface area is 221 Å². The predicted molar refractivity (Wildman–Crippen MR) is 115 cm³/mol. The fourth-order valence-electron chi connectivity index (χ4n) is 3.75. The monoisotopic (exact) mass is 602 g/mol. The highest BCUT2D eigenvalue weighted by Crippen LogP contribution is 2.41. The van der Waals surface area contributed by atoms with Crippen LogP contribution in [0.2, 0.25) is 0 Å². The van der Waals surface area contributed by atoms with E-state index in [1.165, 1.54) is 38.1 Å². The lowest BCUT2D eigenvalue weighted by Crippen LogP contribution is -2.23. The zero-order chi connectivity index (χ0) is 30.8. The highest BCUT2D eigenvalue weighted by atomic mass is 19.4. The Hall–Kier alpha value is -4.12. The molecule has 0 unspecified atom stereocenters. The van der Waals surface area contributed by atoms with E-state index in [1.54, 1.807) is 0 Å². The van der Waals surface area contributed by atoms with Gasteiger partial charge in [0, 0.05) is 17.8 Å². The Balaban J connectivity index is 1.77. The number of pyridine rings is 2. The van der Waals surface area contributed by atoms with Gasteiger partial charge in [0.2, 0.25) is 0 Å². The minimum absolute atomic E-state index is 0.0182. The number of nitrogens with zero attached hydrogens (tertiary/aromatic N) is 6. The molecule has 4 aromatic rings. The molecular formula is C23H14F12N6. The van der Waals surface area contributed by atoms with Crippen molar-refractivity contribution in [2.45, 2.75) is 44.0 Å². The van der Waals surface area contributed by atoms with Gasteiger partial charge < -0.3 is 0 Å². The number of rotatable bonds is 4. The summed E-state index contributed by atoms with van der Waals surface area (Å²) in [5.74, 6) is -0.881. The van der Waals surface area contributed by atoms with Crippen LogP contribution in [0, 0.1) is 0 Å². The van der Waals surface area contributed by atoms with Crippen molar-refractivity contribution in [3.8, 4) is 11.6 Å². The van der Waals surface area contributed by atoms with Gasteiger partial charge in [-0.3, -0.25) is 0 Å². The normalized spacial score (nSPS) is 13.6. The highest BCUT2D eigenvalue weighted by Gasteiger charge is 2.48. The smallest absolute Gasteiger partial charge is 0.233 e. The third kappa shape index (κ3) is 5.85. The van der Waals surface area contributed by atoms with Gasteiger partial charge in [-0.05, 0) is 38.1 Å². The zero-order valence-corrected chi connectivity index (χ0v) is 20.3. The number of alkyl halides is 12. The van der Waals surface area contributed by atoms with Gasteiger partial charge in [-0.15, -0.1) is 0 Å². The molecule has 0 N–H and O–H groups in total. The van der Waals surface area contributed by atoms with Gasteiger partial charge in [0.05, 0.1) is 11.4 Å². The van der Waals surface area contributed by atoms with E-state index in [2.05, 4.69) is 20.2 Å². The first kappa shape index (κ1) is 29.9. The number of aromatic nitrogens is 6. The highest BCUT2D eigenvalue weighted by molar-refractivity contribution is 5.38. The van der Waals surface area contributed by atoms with E-state index >= 15 is 0 Å². The van der Waals surface area contributed by atoms with E-state index in [0.29, 0.717) is 0 Å². The molecule has 0 fully saturated rings. The molecule has 4 aromatic heterocycles. The summed E-state index contributed by atoms with van der Waals surface area (Å²) in [6.45, 7) is 2.92. The molecular weight excluding hydrogens is 588 g/mol. The SMILES string of the molecule is CC(C)(c1cccc(-n2cc(C(F)(F)F)c(C(F)(F)F)n2)n1)c1cccc(-n2cc(C(F)(F)F)c(C(F)(F)F)n2)n1. The van der Waals surface area contributed by atoms with Crippen molar-refractivity contribution in [3.63, 3.8) is 0 Å². The van der Waals surface area contributed by atoms with Gasteiger partial charge >= 0.3 is 24.7 Å². The molecule has 0 aliphatic heterocycles. The van der Waals surface area contributed by atoms with Crippen molar-refractivity contribution in [3.05, 3.63) is 82.7 Å². The van der Waals surface area contributed by atoms with Crippen LogP contribution in [0.3, 0.4) is 0 Å². The molecule has 4 rings (SSSR count). The van der Waals surface area contributed by atoms with Gasteiger partial charge in [-0.25, -0.2) is 19.3 Å². The fourth-order valence-corrected chi connectivity index (χ4v) is 3.75. The van der Waals surface area contributed by atoms with Crippen LogP contribution in [-0.4, -0.2) is 29.5 Å². The molecule has 6 nitrogen and oxygen atoms in total. The first-order valence-corrected chi connectivity index (χ1v) is 11.0. The maximum absolute atomic E-state index is 13.2. The van der Waals surface area contributed by atoms with Crippen molar-refractivity contribution in [1.82, 2.24) is 29.5 Å². The van der Waals surface area contributed by atoms with Gasteiger partial charge in [-0.2, -0.15) is 62.9 Å². The summed E-state index contributed by atoms with van der Waals surface area (Å²) < 4.78 is 159. The molecule has 0 spiro atoms. The van der Waals surface area contributed by atoms with Gasteiger partial charge in [-0.1, -0.05) is 12.1 Å². The summed E-state index contributed by atoms with van der Waals surface area (Å²) in [7, 11) is 0. The van der Waals surface area contributed by atoms with E-state index in [9.17, 15) is 52.7 Å². The fraction of sp³-hybridized carbons (Fsp3) is 0.304. The number of hydrogen-bond donors (Lipinski definition) is 0. The maximum Gasteiger partial charge on any atom is 0.435 e. The van der Waals surface area contributed by atoms with Gasteiger partial charge in [0.1, 0.15) is 11.1 Å². The molecule has 0 aliphatic carbocycles. The third-order valence-corrected chi connectivity index (χ3v) is 5.80. The molecule has 0 aliphatic rings. The first-order chi connectivity index (χ1) is 18.6. The lowest BCUT2D eigenvalue weighted by atomic mass is 9.84. The number of hydrogen-bond acceptors (Lipinski definition) is 4. The summed E-state index contributed by atoms with van der Waals surface area (Å²) in [6.07, 6.45) is -21.4. The minimum Gasteiger partial charge on any atom is -0.233 e. The van der Waals surface area contributed by atoms with E-state index in [-0.39, 0.29) is 33.1 Å². The standard InChI is InChI=1S/C23H14F12N6/c1-19(2,13-5-3-7-15(36-13)40-9-11(20(24,25)26)17(38-40)22(30,31)32)14-6-4-8-16(37-14)41-10-12(21(27,28)29)18(39-41)23(33,34)35/h3-10H,1-2H3. The largest absolute Gasteiger partial charge is 0.435 e. The summed E-state index contributed by atoms with van der Waals surface area (Å²) in [5, 5.41) is 6.03. The molecule has 4 heterocycles. The number of halogens is 12. The van der Waals surface area contributed by atoms with Crippen LogP contribution in [0.1, 0.15) is 47.8 Å². The Kier molecular flexibility index (Phi) is 6.90. The lowest BCUT2D eigenvalue weighted by molar-refractivity contribution is -0.163. The molecule has 0 aromatic carbocycles. The average molecular weight is 602 g/mol. The summed E-state index contributed by atoms with van der Waals surface area (Å²) in [6, 6.07) is 7.35. The van der Waals surface area contributed by atoms with Crippen LogP contribution in [0.5, 0.6) is 0 Å². The lowest BCUT2D eigenvalue weighted by Gasteiger charge is -2.24. The first-order valence-electron chi connectivity index (χ1n) is 11.0. The van der Waals surface area contributed by atoms with Crippen LogP contribution in [-0.2, 0) is 30.1 Å². The van der Waals surface area contributed by atoms with Crippen molar-refractivity contribution in [2.24, 2.45) is 0 Å². The van der Waals surface area contributed by atoms with E-state index < -0.39 is 64.3 Å². The van der Waals surface area contributed by atoms with Crippen LogP contribution >= 0.6 is 0 Å². The minimum atomic E-state index is -5.43. The second kappa shape index (κ2) is 9.47. The second-order valence-electron chi connectivity index (χ2n) is 9.05. The van der Waals surface area contributed by atoms with Gasteiger partial charge in [0.25, 0.3) is 0 Å². The Morgan fingerprint density at radius 3 is 1.12 bits per heavy atom. The van der Waals surface area contributed by atoms with Crippen LogP contribution in [0.15, 0.2) is 48.8 Å². The summed E-state index contributed by atoms with van der Waals surface area (Å²) in [5.41, 5.74) is -9.73. The van der Waals surface area contributed by atoms with E-state index in [1.807, 2.05) is 0 Å². The van der Waals surface area contributed by atoms with Crippen LogP contribution in [0.4, 0.5) is 52.7 Å². The molecule has 0 saturated carbocycles. The molecule has 0 bridgehead atoms. The topological polar surface area (TPSA) is 61.4 Å². The van der Waals surface area contributed by atoms with Crippen molar-refractivity contribution in [2.75, 3.05) is 0 Å². The van der Waals surface area contributed by atoms with Gasteiger partial charge in [0.15, 0.2) is 23.0 Å².